The molecular weight excluding hydrogens is 669 g/mol. The molecule has 0 aliphatic rings. The third-order valence-corrected chi connectivity index (χ3v) is 9.03. The summed E-state index contributed by atoms with van der Waals surface area (Å²) in [5.41, 5.74) is 22.9. The minimum Gasteiger partial charge on any atom is -0.457 e. The fourth-order valence-corrected chi connectivity index (χ4v) is 6.32. The summed E-state index contributed by atoms with van der Waals surface area (Å²) < 4.78 is 12.3. The zero-order valence-electron chi connectivity index (χ0n) is 28.9. The molecule has 2 aromatic heterocycles. The number of hydrogen-bond donors (Lipinski definition) is 2. The standard InChI is InChI=1S/C46H32N6O2/c47-33-15-19-35(20-16-33)53-37-23-25-39-41(27-37)51-45(43(49-39)29-7-3-1-4-8-29)31-11-13-32(14-12-31)46-44(30-9-5-2-6-10-30)50-40-26-24-38(28-42(40)52-46)54-36-21-17-34(48)18-22-36/h1-28H,47-48H2. The molecule has 0 radical (unpaired) electrons. The molecule has 0 bridgehead atoms. The van der Waals surface area contributed by atoms with E-state index in [1.165, 1.54) is 0 Å². The third kappa shape index (κ3) is 6.63. The Kier molecular flexibility index (Phi) is 8.30. The summed E-state index contributed by atoms with van der Waals surface area (Å²) in [5.74, 6) is 2.68. The maximum Gasteiger partial charge on any atom is 0.129 e. The van der Waals surface area contributed by atoms with Crippen molar-refractivity contribution in [2.45, 2.75) is 0 Å². The first-order valence-electron chi connectivity index (χ1n) is 17.4. The summed E-state index contributed by atoms with van der Waals surface area (Å²) in [5, 5.41) is 0. The lowest BCUT2D eigenvalue weighted by molar-refractivity contribution is 0.483. The highest BCUT2D eigenvalue weighted by atomic mass is 16.5. The van der Waals surface area contributed by atoms with Crippen molar-refractivity contribution < 1.29 is 9.47 Å². The second-order valence-corrected chi connectivity index (χ2v) is 12.8. The van der Waals surface area contributed by atoms with E-state index in [0.29, 0.717) is 45.4 Å². The highest BCUT2D eigenvalue weighted by Gasteiger charge is 2.17. The van der Waals surface area contributed by atoms with E-state index in [1.54, 1.807) is 0 Å². The van der Waals surface area contributed by atoms with Gasteiger partial charge in [-0.3, -0.25) is 0 Å². The number of hydrogen-bond acceptors (Lipinski definition) is 8. The van der Waals surface area contributed by atoms with Gasteiger partial charge in [-0.15, -0.1) is 0 Å². The van der Waals surface area contributed by atoms with Gasteiger partial charge in [0.2, 0.25) is 0 Å². The van der Waals surface area contributed by atoms with E-state index in [1.807, 2.05) is 146 Å². The Morgan fingerprint density at radius 2 is 0.611 bits per heavy atom. The van der Waals surface area contributed by atoms with Gasteiger partial charge in [-0.2, -0.15) is 0 Å². The van der Waals surface area contributed by atoms with Gasteiger partial charge in [0.25, 0.3) is 0 Å². The average Bonchev–Trinajstić information content (AvgIpc) is 3.22. The fraction of sp³-hybridized carbons (Fsp3) is 0. The zero-order chi connectivity index (χ0) is 36.4. The summed E-state index contributed by atoms with van der Waals surface area (Å²) in [6.45, 7) is 0. The molecule has 0 spiro atoms. The number of aromatic nitrogens is 4. The van der Waals surface area contributed by atoms with E-state index in [-0.39, 0.29) is 0 Å². The highest BCUT2D eigenvalue weighted by molar-refractivity contribution is 5.90. The number of ether oxygens (including phenoxy) is 2. The van der Waals surface area contributed by atoms with E-state index in [2.05, 4.69) is 24.3 Å². The van der Waals surface area contributed by atoms with Crippen LogP contribution in [0.25, 0.3) is 67.1 Å². The quantitative estimate of drug-likeness (QED) is 0.150. The van der Waals surface area contributed by atoms with E-state index >= 15 is 0 Å². The van der Waals surface area contributed by atoms with Crippen LogP contribution in [0.15, 0.2) is 170 Å². The molecule has 9 aromatic rings. The normalized spacial score (nSPS) is 11.1. The monoisotopic (exact) mass is 700 g/mol. The molecular formula is C46H32N6O2. The van der Waals surface area contributed by atoms with Crippen molar-refractivity contribution in [3.8, 4) is 68.0 Å². The SMILES string of the molecule is Nc1ccc(Oc2ccc3nc(-c4ccccc4)c(-c4ccc(-c5nc6cc(Oc7ccc(N)cc7)ccc6nc5-c5ccccc5)cc4)nc3c2)cc1. The van der Waals surface area contributed by atoms with Crippen molar-refractivity contribution in [3.63, 3.8) is 0 Å². The summed E-state index contributed by atoms with van der Waals surface area (Å²) >= 11 is 0. The molecule has 258 valence electrons. The van der Waals surface area contributed by atoms with Crippen LogP contribution in [-0.2, 0) is 0 Å². The van der Waals surface area contributed by atoms with Gasteiger partial charge < -0.3 is 20.9 Å². The van der Waals surface area contributed by atoms with Gasteiger partial charge in [0, 0.05) is 45.8 Å². The predicted molar refractivity (Wildman–Crippen MR) is 216 cm³/mol. The van der Waals surface area contributed by atoms with Crippen LogP contribution in [0.2, 0.25) is 0 Å². The number of benzene rings is 7. The lowest BCUT2D eigenvalue weighted by atomic mass is 9.99. The van der Waals surface area contributed by atoms with E-state index in [0.717, 1.165) is 56.1 Å². The van der Waals surface area contributed by atoms with E-state index in [4.69, 9.17) is 40.9 Å². The van der Waals surface area contributed by atoms with Crippen molar-refractivity contribution in [1.82, 2.24) is 19.9 Å². The maximum absolute atomic E-state index is 6.14. The smallest absolute Gasteiger partial charge is 0.129 e. The maximum atomic E-state index is 6.14. The molecule has 0 amide bonds. The van der Waals surface area contributed by atoms with Crippen LogP contribution in [0.1, 0.15) is 0 Å². The number of nitrogens with zero attached hydrogens (tertiary/aromatic N) is 4. The molecule has 0 fully saturated rings. The number of nitrogen functional groups attached to an aromatic ring is 2. The van der Waals surface area contributed by atoms with Gasteiger partial charge >= 0.3 is 0 Å². The van der Waals surface area contributed by atoms with Crippen LogP contribution in [0.4, 0.5) is 11.4 Å². The molecule has 0 saturated heterocycles. The van der Waals surface area contributed by atoms with Crippen molar-refractivity contribution in [2.75, 3.05) is 11.5 Å². The van der Waals surface area contributed by atoms with Gasteiger partial charge in [0.15, 0.2) is 0 Å². The molecule has 8 nitrogen and oxygen atoms in total. The van der Waals surface area contributed by atoms with Crippen LogP contribution < -0.4 is 20.9 Å². The van der Waals surface area contributed by atoms with Crippen molar-refractivity contribution in [2.24, 2.45) is 0 Å². The number of rotatable bonds is 8. The second kappa shape index (κ2) is 13.9. The fourth-order valence-electron chi connectivity index (χ4n) is 6.32. The van der Waals surface area contributed by atoms with Crippen LogP contribution in [0, 0.1) is 0 Å². The molecule has 4 N–H and O–H groups in total. The van der Waals surface area contributed by atoms with Gasteiger partial charge in [-0.05, 0) is 72.8 Å². The zero-order valence-corrected chi connectivity index (χ0v) is 28.9. The lowest BCUT2D eigenvalue weighted by Gasteiger charge is -2.14. The molecule has 9 rings (SSSR count). The highest BCUT2D eigenvalue weighted by Crippen LogP contribution is 2.37. The Balaban J connectivity index is 1.13. The molecule has 0 aliphatic heterocycles. The largest absolute Gasteiger partial charge is 0.457 e. The van der Waals surface area contributed by atoms with Crippen LogP contribution in [0.5, 0.6) is 23.0 Å². The third-order valence-electron chi connectivity index (χ3n) is 9.03. The van der Waals surface area contributed by atoms with Crippen LogP contribution >= 0.6 is 0 Å². The molecule has 0 saturated carbocycles. The molecule has 0 unspecified atom stereocenters. The molecule has 8 heteroatoms. The minimum absolute atomic E-state index is 0.653. The summed E-state index contributed by atoms with van der Waals surface area (Å²) in [6, 6.07) is 54.6. The number of nitrogens with two attached hydrogens (primary N) is 2. The first-order chi connectivity index (χ1) is 26.5. The summed E-state index contributed by atoms with van der Waals surface area (Å²) in [7, 11) is 0. The molecule has 7 aromatic carbocycles. The Morgan fingerprint density at radius 1 is 0.296 bits per heavy atom. The van der Waals surface area contributed by atoms with Gasteiger partial charge in [-0.1, -0.05) is 84.9 Å². The lowest BCUT2D eigenvalue weighted by Crippen LogP contribution is -1.97. The van der Waals surface area contributed by atoms with Crippen molar-refractivity contribution in [1.29, 1.82) is 0 Å². The van der Waals surface area contributed by atoms with Crippen LogP contribution in [-0.4, -0.2) is 19.9 Å². The van der Waals surface area contributed by atoms with Crippen LogP contribution in [0.3, 0.4) is 0 Å². The molecule has 54 heavy (non-hydrogen) atoms. The van der Waals surface area contributed by atoms with Crippen molar-refractivity contribution >= 4 is 33.4 Å². The molecule has 0 atom stereocenters. The minimum atomic E-state index is 0.653. The number of fused-ring (bicyclic) bond motifs is 2. The second-order valence-electron chi connectivity index (χ2n) is 12.8. The van der Waals surface area contributed by atoms with Crippen molar-refractivity contribution in [3.05, 3.63) is 170 Å². The van der Waals surface area contributed by atoms with E-state index in [9.17, 15) is 0 Å². The van der Waals surface area contributed by atoms with Gasteiger partial charge in [0.1, 0.15) is 23.0 Å². The average molecular weight is 701 g/mol. The Hall–Kier alpha value is -7.58. The molecule has 0 aliphatic carbocycles. The Bertz CT molecular complexity index is 2560. The molecule has 2 heterocycles. The summed E-state index contributed by atoms with van der Waals surface area (Å²) in [6.07, 6.45) is 0. The topological polar surface area (TPSA) is 122 Å². The Morgan fingerprint density at radius 3 is 0.981 bits per heavy atom. The number of anilines is 2. The predicted octanol–water partition coefficient (Wildman–Crippen LogP) is 11.0. The Labute approximate surface area is 311 Å². The first kappa shape index (κ1) is 32.3. The van der Waals surface area contributed by atoms with Gasteiger partial charge in [-0.25, -0.2) is 19.9 Å². The van der Waals surface area contributed by atoms with E-state index < -0.39 is 0 Å². The first-order valence-corrected chi connectivity index (χ1v) is 17.4. The van der Waals surface area contributed by atoms with Gasteiger partial charge in [0.05, 0.1) is 44.8 Å². The summed E-state index contributed by atoms with van der Waals surface area (Å²) in [4.78, 5) is 20.6.